The number of anilines is 1. The summed E-state index contributed by atoms with van der Waals surface area (Å²) in [5, 5.41) is 63.1. The molecule has 0 fully saturated rings. The van der Waals surface area contributed by atoms with Crippen LogP contribution in [0.5, 0.6) is 0 Å². The SMILES string of the molecule is O=C(NCC(O)CO)c1cc(NCC(O)CO)c(I)c(C(=O)NCC(O)CO)c1I. The van der Waals surface area contributed by atoms with E-state index in [2.05, 4.69) is 16.0 Å². The number of amides is 2. The highest BCUT2D eigenvalue weighted by Gasteiger charge is 2.24. The molecule has 1 rings (SSSR count). The maximum absolute atomic E-state index is 12.7. The summed E-state index contributed by atoms with van der Waals surface area (Å²) in [6, 6.07) is 1.47. The van der Waals surface area contributed by atoms with Crippen LogP contribution in [-0.4, -0.2) is 100 Å². The number of benzene rings is 1. The van der Waals surface area contributed by atoms with Gasteiger partial charge in [0, 0.05) is 28.9 Å². The number of halogens is 2. The summed E-state index contributed by atoms with van der Waals surface area (Å²) in [7, 11) is 0. The summed E-state index contributed by atoms with van der Waals surface area (Å²) in [6.45, 7) is -1.98. The molecular weight excluding hydrogens is 628 g/mol. The largest absolute Gasteiger partial charge is 0.394 e. The number of carbonyl (C=O) groups excluding carboxylic acids is 2. The number of hydrogen-bond acceptors (Lipinski definition) is 9. The lowest BCUT2D eigenvalue weighted by Crippen LogP contribution is -2.36. The van der Waals surface area contributed by atoms with E-state index in [9.17, 15) is 24.9 Å². The summed E-state index contributed by atoms with van der Waals surface area (Å²) in [4.78, 5) is 25.3. The molecule has 170 valence electrons. The van der Waals surface area contributed by atoms with Crippen molar-refractivity contribution in [2.75, 3.05) is 44.8 Å². The van der Waals surface area contributed by atoms with Crippen molar-refractivity contribution < 1.29 is 40.2 Å². The average molecular weight is 653 g/mol. The summed E-state index contributed by atoms with van der Waals surface area (Å²) in [5.41, 5.74) is 0.594. The van der Waals surface area contributed by atoms with E-state index < -0.39 is 49.9 Å². The van der Waals surface area contributed by atoms with Crippen LogP contribution in [0.25, 0.3) is 0 Å². The normalized spacial score (nSPS) is 14.0. The molecule has 0 aliphatic carbocycles. The van der Waals surface area contributed by atoms with Crippen LogP contribution in [0.4, 0.5) is 5.69 Å². The molecule has 9 N–H and O–H groups in total. The number of nitrogens with one attached hydrogen (secondary N) is 3. The molecule has 2 amide bonds. The van der Waals surface area contributed by atoms with Crippen molar-refractivity contribution >= 4 is 62.7 Å². The Balaban J connectivity index is 3.28. The van der Waals surface area contributed by atoms with Crippen molar-refractivity contribution in [2.45, 2.75) is 18.3 Å². The number of rotatable bonds is 12. The van der Waals surface area contributed by atoms with Crippen LogP contribution >= 0.6 is 45.2 Å². The van der Waals surface area contributed by atoms with E-state index in [1.807, 2.05) is 45.2 Å². The van der Waals surface area contributed by atoms with Crippen LogP contribution in [0.15, 0.2) is 6.07 Å². The minimum absolute atomic E-state index is 0.0400. The molecule has 13 heteroatoms. The number of hydrogen-bond donors (Lipinski definition) is 9. The highest BCUT2D eigenvalue weighted by atomic mass is 127. The molecule has 11 nitrogen and oxygen atoms in total. The lowest BCUT2D eigenvalue weighted by Gasteiger charge is -2.19. The van der Waals surface area contributed by atoms with E-state index in [0.29, 0.717) is 12.8 Å². The number of aliphatic hydroxyl groups excluding tert-OH is 6. The molecule has 0 bridgehead atoms. The van der Waals surface area contributed by atoms with E-state index in [4.69, 9.17) is 15.3 Å². The van der Waals surface area contributed by atoms with E-state index in [1.54, 1.807) is 0 Å². The van der Waals surface area contributed by atoms with E-state index >= 15 is 0 Å². The van der Waals surface area contributed by atoms with Gasteiger partial charge in [0.1, 0.15) is 0 Å². The first-order valence-electron chi connectivity index (χ1n) is 8.85. The number of aliphatic hydroxyl groups is 6. The van der Waals surface area contributed by atoms with Crippen LogP contribution < -0.4 is 16.0 Å². The molecule has 0 heterocycles. The molecule has 3 atom stereocenters. The lowest BCUT2D eigenvalue weighted by molar-refractivity contribution is 0.0798. The fourth-order valence-electron chi connectivity index (χ4n) is 2.16. The molecule has 0 aromatic heterocycles. The Kier molecular flexibility index (Phi) is 12.3. The van der Waals surface area contributed by atoms with Crippen LogP contribution in [0.1, 0.15) is 20.7 Å². The molecule has 0 saturated carbocycles. The Morgan fingerprint density at radius 3 is 1.77 bits per heavy atom. The first-order chi connectivity index (χ1) is 14.2. The zero-order chi connectivity index (χ0) is 22.8. The second-order valence-corrected chi connectivity index (χ2v) is 8.44. The summed E-state index contributed by atoms with van der Waals surface area (Å²) < 4.78 is 0.738. The molecule has 3 unspecified atom stereocenters. The molecule has 0 saturated heterocycles. The second kappa shape index (κ2) is 13.6. The topological polar surface area (TPSA) is 192 Å². The summed E-state index contributed by atoms with van der Waals surface area (Å²) in [5.74, 6) is -1.19. The highest BCUT2D eigenvalue weighted by molar-refractivity contribution is 14.1. The molecule has 1 aromatic carbocycles. The second-order valence-electron chi connectivity index (χ2n) is 6.28. The third-order valence-corrected chi connectivity index (χ3v) is 6.07. The zero-order valence-corrected chi connectivity index (χ0v) is 20.1. The first-order valence-corrected chi connectivity index (χ1v) is 11.0. The van der Waals surface area contributed by atoms with Crippen molar-refractivity contribution in [1.82, 2.24) is 10.6 Å². The van der Waals surface area contributed by atoms with Crippen LogP contribution in [0.3, 0.4) is 0 Å². The van der Waals surface area contributed by atoms with Crippen molar-refractivity contribution in [2.24, 2.45) is 0 Å². The average Bonchev–Trinajstić information content (AvgIpc) is 2.74. The van der Waals surface area contributed by atoms with Gasteiger partial charge in [0.05, 0.1) is 52.8 Å². The summed E-state index contributed by atoms with van der Waals surface area (Å²) >= 11 is 3.72. The molecule has 0 radical (unpaired) electrons. The Hall–Kier alpha value is -0.820. The van der Waals surface area contributed by atoms with Gasteiger partial charge in [-0.2, -0.15) is 0 Å². The third-order valence-electron chi connectivity index (χ3n) is 3.83. The molecular formula is C17H25I2N3O8. The van der Waals surface area contributed by atoms with E-state index in [0.717, 1.165) is 0 Å². The van der Waals surface area contributed by atoms with Crippen molar-refractivity contribution in [3.8, 4) is 0 Å². The minimum atomic E-state index is -1.15. The molecule has 30 heavy (non-hydrogen) atoms. The molecule has 0 aliphatic rings. The fourth-order valence-corrected chi connectivity index (χ4v) is 4.45. The predicted octanol–water partition coefficient (Wildman–Crippen LogP) is -2.17. The van der Waals surface area contributed by atoms with Crippen LogP contribution in [0.2, 0.25) is 0 Å². The van der Waals surface area contributed by atoms with Crippen LogP contribution in [0, 0.1) is 7.14 Å². The van der Waals surface area contributed by atoms with Crippen molar-refractivity contribution in [3.63, 3.8) is 0 Å². The van der Waals surface area contributed by atoms with Gasteiger partial charge in [0.25, 0.3) is 11.8 Å². The molecule has 0 spiro atoms. The Bertz CT molecular complexity index is 737. The highest BCUT2D eigenvalue weighted by Crippen LogP contribution is 2.30. The molecule has 0 aliphatic heterocycles. The van der Waals surface area contributed by atoms with Gasteiger partial charge >= 0.3 is 0 Å². The predicted molar refractivity (Wildman–Crippen MR) is 124 cm³/mol. The van der Waals surface area contributed by atoms with Crippen LogP contribution in [-0.2, 0) is 0 Å². The van der Waals surface area contributed by atoms with Gasteiger partial charge in [-0.25, -0.2) is 0 Å². The Morgan fingerprint density at radius 1 is 0.800 bits per heavy atom. The van der Waals surface area contributed by atoms with E-state index in [-0.39, 0.29) is 30.8 Å². The van der Waals surface area contributed by atoms with Crippen molar-refractivity contribution in [3.05, 3.63) is 24.3 Å². The van der Waals surface area contributed by atoms with Gasteiger partial charge in [-0.3, -0.25) is 9.59 Å². The van der Waals surface area contributed by atoms with Crippen molar-refractivity contribution in [1.29, 1.82) is 0 Å². The van der Waals surface area contributed by atoms with Gasteiger partial charge in [-0.15, -0.1) is 0 Å². The van der Waals surface area contributed by atoms with Gasteiger partial charge in [-0.1, -0.05) is 0 Å². The van der Waals surface area contributed by atoms with Gasteiger partial charge in [0.15, 0.2) is 0 Å². The monoisotopic (exact) mass is 653 g/mol. The number of carbonyl (C=O) groups is 2. The maximum atomic E-state index is 12.7. The Labute approximate surface area is 200 Å². The molecule has 1 aromatic rings. The third kappa shape index (κ3) is 8.03. The standard InChI is InChI=1S/C17H25I2N3O8/c18-14-11(16(29)21-3-9(27)6-24)1-12(20-2-8(26)5-23)15(19)13(14)17(30)22-4-10(28)7-25/h1,8-10,20,23-28H,2-7H2,(H,21,29)(H,22,30). The summed E-state index contributed by atoms with van der Waals surface area (Å²) in [6.07, 6.45) is -3.35. The lowest BCUT2D eigenvalue weighted by atomic mass is 10.1. The zero-order valence-electron chi connectivity index (χ0n) is 15.8. The van der Waals surface area contributed by atoms with Gasteiger partial charge < -0.3 is 46.6 Å². The minimum Gasteiger partial charge on any atom is -0.394 e. The first kappa shape index (κ1) is 27.2. The fraction of sp³-hybridized carbons (Fsp3) is 0.529. The Morgan fingerprint density at radius 2 is 1.27 bits per heavy atom. The maximum Gasteiger partial charge on any atom is 0.253 e. The quantitative estimate of drug-likeness (QED) is 0.113. The van der Waals surface area contributed by atoms with Gasteiger partial charge in [-0.05, 0) is 51.2 Å². The smallest absolute Gasteiger partial charge is 0.253 e. The van der Waals surface area contributed by atoms with E-state index in [1.165, 1.54) is 6.07 Å². The van der Waals surface area contributed by atoms with Gasteiger partial charge in [0.2, 0.25) is 0 Å².